The summed E-state index contributed by atoms with van der Waals surface area (Å²) in [6.07, 6.45) is 7.85. The zero-order valence-corrected chi connectivity index (χ0v) is 15.9. The molecule has 3 rings (SSSR count). The highest BCUT2D eigenvalue weighted by atomic mass is 16.1. The predicted octanol–water partition coefficient (Wildman–Crippen LogP) is 3.57. The van der Waals surface area contributed by atoms with Crippen LogP contribution in [0.5, 0.6) is 0 Å². The molecule has 2 fully saturated rings. The number of anilines is 1. The first kappa shape index (κ1) is 18.2. The fourth-order valence-corrected chi connectivity index (χ4v) is 3.93. The third kappa shape index (κ3) is 4.71. The molecule has 0 radical (unpaired) electrons. The van der Waals surface area contributed by atoms with Crippen molar-refractivity contribution in [2.24, 2.45) is 5.92 Å². The van der Waals surface area contributed by atoms with Gasteiger partial charge in [0.15, 0.2) is 0 Å². The van der Waals surface area contributed by atoms with Crippen molar-refractivity contribution in [2.75, 3.05) is 18.0 Å². The Kier molecular flexibility index (Phi) is 5.92. The van der Waals surface area contributed by atoms with E-state index in [1.807, 2.05) is 6.92 Å². The molecule has 2 aliphatic rings. The Morgan fingerprint density at radius 2 is 1.80 bits per heavy atom. The zero-order chi connectivity index (χ0) is 17.8. The number of rotatable bonds is 4. The number of carbonyl (C=O) groups excluding carboxylic acids is 1. The Bertz CT molecular complexity index is 587. The minimum atomic E-state index is 0.255. The van der Waals surface area contributed by atoms with Crippen molar-refractivity contribution in [3.63, 3.8) is 0 Å². The van der Waals surface area contributed by atoms with Gasteiger partial charge in [-0.05, 0) is 32.6 Å². The number of nitrogens with one attached hydrogen (secondary N) is 1. The second-order valence-corrected chi connectivity index (χ2v) is 7.99. The lowest BCUT2D eigenvalue weighted by Gasteiger charge is -2.34. The summed E-state index contributed by atoms with van der Waals surface area (Å²) in [5.74, 6) is 2.84. The molecule has 138 valence electrons. The molecule has 5 nitrogen and oxygen atoms in total. The molecular weight excluding hydrogens is 312 g/mol. The fraction of sp³-hybridized carbons (Fsp3) is 0.750. The van der Waals surface area contributed by atoms with Crippen LogP contribution in [0, 0.1) is 12.8 Å². The first-order valence-electron chi connectivity index (χ1n) is 9.94. The molecule has 1 aliphatic carbocycles. The van der Waals surface area contributed by atoms with Gasteiger partial charge in [-0.15, -0.1) is 0 Å². The van der Waals surface area contributed by atoms with Crippen LogP contribution in [0.15, 0.2) is 6.07 Å². The number of nitrogens with zero attached hydrogens (tertiary/aromatic N) is 3. The Morgan fingerprint density at radius 1 is 1.12 bits per heavy atom. The van der Waals surface area contributed by atoms with Crippen LogP contribution in [-0.2, 0) is 4.79 Å². The number of piperidine rings is 1. The Balaban J connectivity index is 1.54. The average Bonchev–Trinajstić information content (AvgIpc) is 2.62. The van der Waals surface area contributed by atoms with Gasteiger partial charge in [0, 0.05) is 42.7 Å². The molecule has 1 aromatic rings. The molecule has 1 N–H and O–H groups in total. The number of hydrogen-bond donors (Lipinski definition) is 1. The van der Waals surface area contributed by atoms with Crippen LogP contribution in [0.2, 0.25) is 0 Å². The average molecular weight is 345 g/mol. The Morgan fingerprint density at radius 3 is 2.44 bits per heavy atom. The van der Waals surface area contributed by atoms with Gasteiger partial charge in [0.05, 0.1) is 0 Å². The van der Waals surface area contributed by atoms with E-state index in [4.69, 9.17) is 4.98 Å². The van der Waals surface area contributed by atoms with Gasteiger partial charge in [0.1, 0.15) is 11.6 Å². The SMILES string of the molecule is Cc1cc(N2CCC(NC(=O)C3CCCCC3)CC2)nc(C(C)C)n1. The van der Waals surface area contributed by atoms with Crippen LogP contribution < -0.4 is 10.2 Å². The summed E-state index contributed by atoms with van der Waals surface area (Å²) in [7, 11) is 0. The zero-order valence-electron chi connectivity index (χ0n) is 15.9. The minimum absolute atomic E-state index is 0.255. The summed E-state index contributed by atoms with van der Waals surface area (Å²) >= 11 is 0. The molecule has 1 aliphatic heterocycles. The van der Waals surface area contributed by atoms with Crippen LogP contribution in [-0.4, -0.2) is 35.0 Å². The molecule has 5 heteroatoms. The lowest BCUT2D eigenvalue weighted by molar-refractivity contribution is -0.126. The summed E-state index contributed by atoms with van der Waals surface area (Å²) < 4.78 is 0. The number of hydrogen-bond acceptors (Lipinski definition) is 4. The third-order valence-electron chi connectivity index (χ3n) is 5.52. The summed E-state index contributed by atoms with van der Waals surface area (Å²) in [6, 6.07) is 2.39. The van der Waals surface area contributed by atoms with E-state index in [1.54, 1.807) is 0 Å². The molecule has 1 saturated carbocycles. The van der Waals surface area contributed by atoms with Crippen molar-refractivity contribution in [1.82, 2.24) is 15.3 Å². The van der Waals surface area contributed by atoms with Crippen molar-refractivity contribution in [2.45, 2.75) is 77.7 Å². The van der Waals surface area contributed by atoms with Gasteiger partial charge in [-0.25, -0.2) is 9.97 Å². The van der Waals surface area contributed by atoms with E-state index in [9.17, 15) is 4.79 Å². The number of aryl methyl sites for hydroxylation is 1. The molecule has 2 heterocycles. The number of carbonyl (C=O) groups is 1. The molecule has 0 bridgehead atoms. The highest BCUT2D eigenvalue weighted by Crippen LogP contribution is 2.25. The van der Waals surface area contributed by atoms with E-state index >= 15 is 0 Å². The monoisotopic (exact) mass is 344 g/mol. The molecule has 1 saturated heterocycles. The lowest BCUT2D eigenvalue weighted by atomic mass is 9.88. The molecule has 0 aromatic carbocycles. The number of aromatic nitrogens is 2. The summed E-state index contributed by atoms with van der Waals surface area (Å²) in [4.78, 5) is 24.1. The first-order valence-corrected chi connectivity index (χ1v) is 9.94. The molecule has 1 amide bonds. The summed E-state index contributed by atoms with van der Waals surface area (Å²) in [6.45, 7) is 8.19. The van der Waals surface area contributed by atoms with Crippen LogP contribution in [0.1, 0.15) is 76.2 Å². The second kappa shape index (κ2) is 8.15. The molecule has 0 unspecified atom stereocenters. The van der Waals surface area contributed by atoms with E-state index in [0.717, 1.165) is 56.1 Å². The van der Waals surface area contributed by atoms with E-state index in [0.29, 0.717) is 12.0 Å². The molecular formula is C20H32N4O. The quantitative estimate of drug-likeness (QED) is 0.907. The van der Waals surface area contributed by atoms with E-state index in [1.165, 1.54) is 19.3 Å². The van der Waals surface area contributed by atoms with Gasteiger partial charge in [-0.2, -0.15) is 0 Å². The molecule has 1 aromatic heterocycles. The van der Waals surface area contributed by atoms with Crippen molar-refractivity contribution >= 4 is 11.7 Å². The molecule has 25 heavy (non-hydrogen) atoms. The number of amides is 1. The van der Waals surface area contributed by atoms with Gasteiger partial charge in [-0.1, -0.05) is 33.1 Å². The van der Waals surface area contributed by atoms with Gasteiger partial charge in [-0.3, -0.25) is 4.79 Å². The first-order chi connectivity index (χ1) is 12.0. The van der Waals surface area contributed by atoms with E-state index in [2.05, 4.69) is 35.1 Å². The maximum absolute atomic E-state index is 12.4. The van der Waals surface area contributed by atoms with Gasteiger partial charge >= 0.3 is 0 Å². The van der Waals surface area contributed by atoms with Crippen molar-refractivity contribution in [3.8, 4) is 0 Å². The minimum Gasteiger partial charge on any atom is -0.356 e. The maximum atomic E-state index is 12.4. The van der Waals surface area contributed by atoms with E-state index < -0.39 is 0 Å². The lowest BCUT2D eigenvalue weighted by Crippen LogP contribution is -2.46. The van der Waals surface area contributed by atoms with Crippen molar-refractivity contribution in [3.05, 3.63) is 17.6 Å². The fourth-order valence-electron chi connectivity index (χ4n) is 3.93. The Labute approximate surface area is 151 Å². The van der Waals surface area contributed by atoms with Gasteiger partial charge in [0.25, 0.3) is 0 Å². The van der Waals surface area contributed by atoms with Crippen LogP contribution in [0.4, 0.5) is 5.82 Å². The van der Waals surface area contributed by atoms with Crippen molar-refractivity contribution < 1.29 is 4.79 Å². The van der Waals surface area contributed by atoms with E-state index in [-0.39, 0.29) is 11.8 Å². The van der Waals surface area contributed by atoms with Crippen LogP contribution in [0.3, 0.4) is 0 Å². The topological polar surface area (TPSA) is 58.1 Å². The molecule has 0 spiro atoms. The summed E-state index contributed by atoms with van der Waals surface area (Å²) in [5, 5.41) is 3.30. The highest BCUT2D eigenvalue weighted by molar-refractivity contribution is 5.79. The Hall–Kier alpha value is -1.65. The smallest absolute Gasteiger partial charge is 0.223 e. The summed E-state index contributed by atoms with van der Waals surface area (Å²) in [5.41, 5.74) is 1.03. The van der Waals surface area contributed by atoms with Crippen molar-refractivity contribution in [1.29, 1.82) is 0 Å². The maximum Gasteiger partial charge on any atom is 0.223 e. The second-order valence-electron chi connectivity index (χ2n) is 7.99. The highest BCUT2D eigenvalue weighted by Gasteiger charge is 2.26. The predicted molar refractivity (Wildman–Crippen MR) is 101 cm³/mol. The van der Waals surface area contributed by atoms with Crippen LogP contribution >= 0.6 is 0 Å². The van der Waals surface area contributed by atoms with Crippen LogP contribution in [0.25, 0.3) is 0 Å². The van der Waals surface area contributed by atoms with Gasteiger partial charge in [0.2, 0.25) is 5.91 Å². The van der Waals surface area contributed by atoms with Gasteiger partial charge < -0.3 is 10.2 Å². The normalized spacial score (nSPS) is 20.1. The largest absolute Gasteiger partial charge is 0.356 e. The third-order valence-corrected chi connectivity index (χ3v) is 5.52. The standard InChI is InChI=1S/C20H32N4O/c1-14(2)19-21-15(3)13-18(23-19)24-11-9-17(10-12-24)22-20(25)16-7-5-4-6-8-16/h13-14,16-17H,4-12H2,1-3H3,(H,22,25). The molecule has 0 atom stereocenters.